The van der Waals surface area contributed by atoms with Crippen LogP contribution in [0.15, 0.2) is 18.2 Å². The Labute approximate surface area is 86.1 Å². The lowest BCUT2D eigenvalue weighted by Crippen LogP contribution is -1.98. The minimum Gasteiger partial charge on any atom is -0.300 e. The summed E-state index contributed by atoms with van der Waals surface area (Å²) in [6.45, 7) is 6.11. The van der Waals surface area contributed by atoms with Gasteiger partial charge in [-0.1, -0.05) is 36.2 Å². The quantitative estimate of drug-likeness (QED) is 0.712. The second kappa shape index (κ2) is 4.94. The minimum absolute atomic E-state index is 0.351. The maximum Gasteiger partial charge on any atom is 0.132 e. The molecule has 0 heterocycles. The van der Waals surface area contributed by atoms with Crippen molar-refractivity contribution in [1.82, 2.24) is 0 Å². The molecule has 14 heavy (non-hydrogen) atoms. The van der Waals surface area contributed by atoms with Crippen molar-refractivity contribution in [1.29, 1.82) is 0 Å². The van der Waals surface area contributed by atoms with Gasteiger partial charge in [0, 0.05) is 12.8 Å². The molecule has 0 radical (unpaired) electrons. The van der Waals surface area contributed by atoms with Gasteiger partial charge < -0.3 is 0 Å². The number of rotatable bonds is 4. The van der Waals surface area contributed by atoms with Gasteiger partial charge in [0.2, 0.25) is 0 Å². The van der Waals surface area contributed by atoms with Gasteiger partial charge in [0.25, 0.3) is 0 Å². The van der Waals surface area contributed by atoms with Crippen LogP contribution >= 0.6 is 0 Å². The smallest absolute Gasteiger partial charge is 0.132 e. The van der Waals surface area contributed by atoms with Crippen LogP contribution in [0.3, 0.4) is 0 Å². The molecule has 0 atom stereocenters. The molecule has 0 aliphatic rings. The second-order valence-corrected chi connectivity index (χ2v) is 3.89. The molecule has 0 aliphatic heterocycles. The highest BCUT2D eigenvalue weighted by atomic mass is 16.1. The Kier molecular flexibility index (Phi) is 3.87. The molecule has 0 unspecified atom stereocenters. The average Bonchev–Trinajstić information content (AvgIpc) is 2.12. The molecule has 0 spiro atoms. The van der Waals surface area contributed by atoms with E-state index < -0.39 is 0 Å². The van der Waals surface area contributed by atoms with Crippen molar-refractivity contribution >= 4 is 5.78 Å². The summed E-state index contributed by atoms with van der Waals surface area (Å²) in [5.74, 6) is 0.351. The van der Waals surface area contributed by atoms with E-state index in [4.69, 9.17) is 0 Å². The molecule has 0 aromatic heterocycles. The highest BCUT2D eigenvalue weighted by Crippen LogP contribution is 2.11. The Morgan fingerprint density at radius 1 is 1.14 bits per heavy atom. The van der Waals surface area contributed by atoms with E-state index in [2.05, 4.69) is 32.0 Å². The summed E-state index contributed by atoms with van der Waals surface area (Å²) in [5, 5.41) is 0. The molecule has 0 saturated heterocycles. The van der Waals surface area contributed by atoms with Crippen molar-refractivity contribution in [2.45, 2.75) is 40.0 Å². The van der Waals surface area contributed by atoms with Crippen LogP contribution in [0, 0.1) is 13.8 Å². The topological polar surface area (TPSA) is 17.1 Å². The van der Waals surface area contributed by atoms with E-state index in [1.807, 2.05) is 6.92 Å². The van der Waals surface area contributed by atoms with Crippen molar-refractivity contribution in [3.05, 3.63) is 34.9 Å². The lowest BCUT2D eigenvalue weighted by molar-refractivity contribution is -0.118. The van der Waals surface area contributed by atoms with Crippen molar-refractivity contribution in [3.63, 3.8) is 0 Å². The van der Waals surface area contributed by atoms with E-state index >= 15 is 0 Å². The van der Waals surface area contributed by atoms with Crippen molar-refractivity contribution in [2.24, 2.45) is 0 Å². The van der Waals surface area contributed by atoms with E-state index in [9.17, 15) is 4.79 Å². The van der Waals surface area contributed by atoms with Crippen LogP contribution in [0.2, 0.25) is 0 Å². The van der Waals surface area contributed by atoms with E-state index in [0.717, 1.165) is 6.42 Å². The fraction of sp³-hybridized carbons (Fsp3) is 0.462. The number of ketones is 1. The molecular formula is C13H18O. The monoisotopic (exact) mass is 190 g/mol. The molecule has 0 saturated carbocycles. The standard InChI is InChI=1S/C13H18O/c1-4-13(14)6-5-12-8-10(2)7-11(3)9-12/h7-9H,4-6H2,1-3H3. The van der Waals surface area contributed by atoms with E-state index in [0.29, 0.717) is 18.6 Å². The van der Waals surface area contributed by atoms with Crippen LogP contribution in [0.5, 0.6) is 0 Å². The Morgan fingerprint density at radius 3 is 2.21 bits per heavy atom. The van der Waals surface area contributed by atoms with Gasteiger partial charge in [-0.05, 0) is 25.8 Å². The summed E-state index contributed by atoms with van der Waals surface area (Å²) in [7, 11) is 0. The lowest BCUT2D eigenvalue weighted by Gasteiger charge is -2.03. The van der Waals surface area contributed by atoms with Gasteiger partial charge in [-0.2, -0.15) is 0 Å². The zero-order chi connectivity index (χ0) is 10.6. The largest absolute Gasteiger partial charge is 0.300 e. The highest BCUT2D eigenvalue weighted by molar-refractivity contribution is 5.78. The normalized spacial score (nSPS) is 10.2. The molecule has 1 rings (SSSR count). The Morgan fingerprint density at radius 2 is 1.71 bits per heavy atom. The van der Waals surface area contributed by atoms with E-state index in [1.54, 1.807) is 0 Å². The predicted molar refractivity (Wildman–Crippen MR) is 59.5 cm³/mol. The maximum absolute atomic E-state index is 11.2. The molecule has 0 N–H and O–H groups in total. The third-order valence-corrected chi connectivity index (χ3v) is 2.37. The first-order valence-corrected chi connectivity index (χ1v) is 5.20. The SMILES string of the molecule is CCC(=O)CCc1cc(C)cc(C)c1. The first-order chi connectivity index (χ1) is 6.61. The molecule has 0 aliphatic carbocycles. The number of Topliss-reactive ketones (excluding diaryl/α,β-unsaturated/α-hetero) is 1. The maximum atomic E-state index is 11.2. The predicted octanol–water partition coefficient (Wildman–Crippen LogP) is 3.22. The van der Waals surface area contributed by atoms with Crippen LogP contribution in [0.1, 0.15) is 36.5 Å². The summed E-state index contributed by atoms with van der Waals surface area (Å²) in [6.07, 6.45) is 2.22. The van der Waals surface area contributed by atoms with Crippen molar-refractivity contribution in [2.75, 3.05) is 0 Å². The van der Waals surface area contributed by atoms with Gasteiger partial charge >= 0.3 is 0 Å². The first-order valence-electron chi connectivity index (χ1n) is 5.20. The van der Waals surface area contributed by atoms with Gasteiger partial charge in [-0.15, -0.1) is 0 Å². The van der Waals surface area contributed by atoms with Gasteiger partial charge in [0.15, 0.2) is 0 Å². The fourth-order valence-electron chi connectivity index (χ4n) is 1.67. The number of carbonyl (C=O) groups is 1. The molecule has 0 fully saturated rings. The molecule has 1 heteroatoms. The van der Waals surface area contributed by atoms with Crippen molar-refractivity contribution < 1.29 is 4.79 Å². The fourth-order valence-corrected chi connectivity index (χ4v) is 1.67. The van der Waals surface area contributed by atoms with Crippen LogP contribution < -0.4 is 0 Å². The molecule has 76 valence electrons. The molecule has 1 aromatic rings. The third-order valence-electron chi connectivity index (χ3n) is 2.37. The van der Waals surface area contributed by atoms with E-state index in [1.165, 1.54) is 16.7 Å². The molecule has 1 nitrogen and oxygen atoms in total. The summed E-state index contributed by atoms with van der Waals surface area (Å²) in [4.78, 5) is 11.2. The molecule has 0 amide bonds. The van der Waals surface area contributed by atoms with Crippen LogP contribution in [0.25, 0.3) is 0 Å². The summed E-state index contributed by atoms with van der Waals surface area (Å²) in [6, 6.07) is 6.48. The lowest BCUT2D eigenvalue weighted by atomic mass is 10.0. The number of carbonyl (C=O) groups excluding carboxylic acids is 1. The van der Waals surface area contributed by atoms with Gasteiger partial charge in [0.1, 0.15) is 5.78 Å². The van der Waals surface area contributed by atoms with Crippen LogP contribution in [-0.2, 0) is 11.2 Å². The van der Waals surface area contributed by atoms with E-state index in [-0.39, 0.29) is 0 Å². The molecule has 1 aromatic carbocycles. The Bertz CT molecular complexity index is 306. The number of hydrogen-bond acceptors (Lipinski definition) is 1. The molecular weight excluding hydrogens is 172 g/mol. The second-order valence-electron chi connectivity index (χ2n) is 3.89. The number of hydrogen-bond donors (Lipinski definition) is 0. The Hall–Kier alpha value is -1.11. The summed E-state index contributed by atoms with van der Waals surface area (Å²) < 4.78 is 0. The van der Waals surface area contributed by atoms with Crippen molar-refractivity contribution in [3.8, 4) is 0 Å². The Balaban J connectivity index is 2.63. The first kappa shape index (κ1) is 11.0. The van der Waals surface area contributed by atoms with Gasteiger partial charge in [-0.25, -0.2) is 0 Å². The van der Waals surface area contributed by atoms with Gasteiger partial charge in [-0.3, -0.25) is 4.79 Å². The molecule has 0 bridgehead atoms. The number of aryl methyl sites for hydroxylation is 3. The summed E-state index contributed by atoms with van der Waals surface area (Å²) >= 11 is 0. The third kappa shape index (κ3) is 3.33. The zero-order valence-electron chi connectivity index (χ0n) is 9.26. The van der Waals surface area contributed by atoms with Crippen LogP contribution in [-0.4, -0.2) is 5.78 Å². The number of benzene rings is 1. The van der Waals surface area contributed by atoms with Crippen LogP contribution in [0.4, 0.5) is 0 Å². The average molecular weight is 190 g/mol. The highest BCUT2D eigenvalue weighted by Gasteiger charge is 2.00. The van der Waals surface area contributed by atoms with Gasteiger partial charge in [0.05, 0.1) is 0 Å². The zero-order valence-corrected chi connectivity index (χ0v) is 9.26. The summed E-state index contributed by atoms with van der Waals surface area (Å²) in [5.41, 5.74) is 3.84. The minimum atomic E-state index is 0.351.